The number of rotatable bonds is 10. The molecule has 0 saturated carbocycles. The molecule has 1 unspecified atom stereocenters. The van der Waals surface area contributed by atoms with Gasteiger partial charge in [0.1, 0.15) is 6.23 Å². The third kappa shape index (κ3) is 9.88. The van der Waals surface area contributed by atoms with Crippen molar-refractivity contribution in [2.24, 2.45) is 11.5 Å². The monoisotopic (exact) mass is 206 g/mol. The summed E-state index contributed by atoms with van der Waals surface area (Å²) in [6.07, 6.45) is 0.656. The Balaban J connectivity index is 2.92. The second kappa shape index (κ2) is 10.9. The number of hydrogen-bond acceptors (Lipinski definition) is 5. The minimum absolute atomic E-state index is 0.333. The van der Waals surface area contributed by atoms with Crippen LogP contribution in [0.1, 0.15) is 13.3 Å². The third-order valence-electron chi connectivity index (χ3n) is 1.51. The molecule has 0 heterocycles. The van der Waals surface area contributed by atoms with Gasteiger partial charge in [-0.15, -0.1) is 0 Å². The van der Waals surface area contributed by atoms with Crippen LogP contribution in [0.2, 0.25) is 0 Å². The van der Waals surface area contributed by atoms with E-state index in [0.717, 1.165) is 13.0 Å². The van der Waals surface area contributed by atoms with Crippen LogP contribution in [0.5, 0.6) is 0 Å². The predicted molar refractivity (Wildman–Crippen MR) is 54.9 cm³/mol. The van der Waals surface area contributed by atoms with Crippen LogP contribution in [0.4, 0.5) is 0 Å². The molecule has 0 aromatic heterocycles. The first-order valence-electron chi connectivity index (χ1n) is 5.04. The fraction of sp³-hybridized carbons (Fsp3) is 1.00. The molecule has 5 nitrogen and oxygen atoms in total. The highest BCUT2D eigenvalue weighted by molar-refractivity contribution is 4.45. The van der Waals surface area contributed by atoms with Gasteiger partial charge in [-0.3, -0.25) is 0 Å². The molecular formula is C9H22N2O3. The third-order valence-corrected chi connectivity index (χ3v) is 1.51. The zero-order chi connectivity index (χ0) is 10.6. The van der Waals surface area contributed by atoms with E-state index in [1.165, 1.54) is 0 Å². The van der Waals surface area contributed by atoms with Crippen molar-refractivity contribution in [3.8, 4) is 0 Å². The van der Waals surface area contributed by atoms with Crippen molar-refractivity contribution < 1.29 is 14.2 Å². The molecule has 0 aromatic rings. The second-order valence-corrected chi connectivity index (χ2v) is 2.87. The smallest absolute Gasteiger partial charge is 0.118 e. The summed E-state index contributed by atoms with van der Waals surface area (Å²) in [7, 11) is 0. The zero-order valence-corrected chi connectivity index (χ0v) is 8.91. The molecule has 0 aromatic carbocycles. The van der Waals surface area contributed by atoms with E-state index in [1.54, 1.807) is 0 Å². The van der Waals surface area contributed by atoms with Crippen LogP contribution >= 0.6 is 0 Å². The molecule has 86 valence electrons. The number of ether oxygens (including phenoxy) is 3. The van der Waals surface area contributed by atoms with Crippen molar-refractivity contribution in [3.63, 3.8) is 0 Å². The average Bonchev–Trinajstić information content (AvgIpc) is 2.21. The van der Waals surface area contributed by atoms with Crippen LogP contribution in [0, 0.1) is 0 Å². The minimum atomic E-state index is -0.380. The molecule has 0 saturated heterocycles. The molecule has 0 aliphatic rings. The Morgan fingerprint density at radius 2 is 1.57 bits per heavy atom. The Morgan fingerprint density at radius 3 is 2.14 bits per heavy atom. The number of nitrogens with two attached hydrogens (primary N) is 2. The molecule has 5 heteroatoms. The number of hydrogen-bond donors (Lipinski definition) is 2. The summed E-state index contributed by atoms with van der Waals surface area (Å²) in [4.78, 5) is 0. The first-order valence-corrected chi connectivity index (χ1v) is 5.04. The average molecular weight is 206 g/mol. The van der Waals surface area contributed by atoms with Crippen LogP contribution in [0.3, 0.4) is 0 Å². The van der Waals surface area contributed by atoms with Gasteiger partial charge >= 0.3 is 0 Å². The van der Waals surface area contributed by atoms with Crippen molar-refractivity contribution >= 4 is 0 Å². The molecule has 0 aliphatic carbocycles. The van der Waals surface area contributed by atoms with E-state index in [0.29, 0.717) is 33.0 Å². The quantitative estimate of drug-likeness (QED) is 0.378. The van der Waals surface area contributed by atoms with Crippen molar-refractivity contribution in [1.82, 2.24) is 0 Å². The first-order chi connectivity index (χ1) is 6.81. The Labute approximate surface area is 85.7 Å². The standard InChI is InChI=1S/C9H22N2O3/c1-2-3-12-4-5-13-6-7-14-9(11)8-10/h9H,2-8,10-11H2,1H3. The molecule has 4 N–H and O–H groups in total. The van der Waals surface area contributed by atoms with Gasteiger partial charge in [-0.1, -0.05) is 6.92 Å². The maximum atomic E-state index is 5.43. The largest absolute Gasteiger partial charge is 0.379 e. The molecule has 0 spiro atoms. The highest BCUT2D eigenvalue weighted by Crippen LogP contribution is 1.84. The summed E-state index contributed by atoms with van der Waals surface area (Å²) < 4.78 is 15.6. The summed E-state index contributed by atoms with van der Waals surface area (Å²) in [5, 5.41) is 0. The Hall–Kier alpha value is -0.200. The molecule has 0 bridgehead atoms. The van der Waals surface area contributed by atoms with Gasteiger partial charge in [0.05, 0.1) is 26.4 Å². The van der Waals surface area contributed by atoms with Gasteiger partial charge < -0.3 is 25.7 Å². The topological polar surface area (TPSA) is 79.7 Å². The van der Waals surface area contributed by atoms with Gasteiger partial charge in [-0.25, -0.2) is 0 Å². The van der Waals surface area contributed by atoms with E-state index in [2.05, 4.69) is 6.92 Å². The normalized spacial score (nSPS) is 13.1. The second-order valence-electron chi connectivity index (χ2n) is 2.87. The summed E-state index contributed by atoms with van der Waals surface area (Å²) in [6, 6.07) is 0. The predicted octanol–water partition coefficient (Wildman–Crippen LogP) is -0.310. The molecule has 0 amide bonds. The van der Waals surface area contributed by atoms with Crippen LogP contribution in [0.25, 0.3) is 0 Å². The van der Waals surface area contributed by atoms with E-state index in [-0.39, 0.29) is 6.23 Å². The van der Waals surface area contributed by atoms with E-state index in [4.69, 9.17) is 25.7 Å². The maximum absolute atomic E-state index is 5.43. The molecule has 1 atom stereocenters. The lowest BCUT2D eigenvalue weighted by Gasteiger charge is -2.10. The van der Waals surface area contributed by atoms with Gasteiger partial charge in [0.15, 0.2) is 0 Å². The highest BCUT2D eigenvalue weighted by Gasteiger charge is 1.97. The summed E-state index contributed by atoms with van der Waals surface area (Å²) >= 11 is 0. The summed E-state index contributed by atoms with van der Waals surface area (Å²) in [6.45, 7) is 5.44. The van der Waals surface area contributed by atoms with E-state index >= 15 is 0 Å². The highest BCUT2D eigenvalue weighted by atomic mass is 16.5. The Bertz CT molecular complexity index is 114. The van der Waals surface area contributed by atoms with Gasteiger partial charge in [0.25, 0.3) is 0 Å². The van der Waals surface area contributed by atoms with Gasteiger partial charge in [-0.2, -0.15) is 0 Å². The Kier molecular flexibility index (Phi) is 10.7. The van der Waals surface area contributed by atoms with Crippen LogP contribution in [-0.4, -0.2) is 45.8 Å². The lowest BCUT2D eigenvalue weighted by molar-refractivity contribution is -0.00679. The minimum Gasteiger partial charge on any atom is -0.379 e. The van der Waals surface area contributed by atoms with Crippen molar-refractivity contribution in [2.75, 3.05) is 39.6 Å². The van der Waals surface area contributed by atoms with Crippen LogP contribution < -0.4 is 11.5 Å². The lowest BCUT2D eigenvalue weighted by Crippen LogP contribution is -2.33. The van der Waals surface area contributed by atoms with Crippen LogP contribution in [-0.2, 0) is 14.2 Å². The molecular weight excluding hydrogens is 184 g/mol. The fourth-order valence-electron chi connectivity index (χ4n) is 0.793. The van der Waals surface area contributed by atoms with E-state index in [9.17, 15) is 0 Å². The molecule has 0 radical (unpaired) electrons. The van der Waals surface area contributed by atoms with E-state index in [1.807, 2.05) is 0 Å². The Morgan fingerprint density at radius 1 is 1.00 bits per heavy atom. The van der Waals surface area contributed by atoms with E-state index < -0.39 is 0 Å². The molecule has 0 rings (SSSR count). The van der Waals surface area contributed by atoms with Crippen molar-refractivity contribution in [3.05, 3.63) is 0 Å². The van der Waals surface area contributed by atoms with Crippen LogP contribution in [0.15, 0.2) is 0 Å². The maximum Gasteiger partial charge on any atom is 0.118 e. The molecule has 0 fully saturated rings. The van der Waals surface area contributed by atoms with Crippen molar-refractivity contribution in [1.29, 1.82) is 0 Å². The fourth-order valence-corrected chi connectivity index (χ4v) is 0.793. The van der Waals surface area contributed by atoms with Gasteiger partial charge in [-0.05, 0) is 6.42 Å². The first kappa shape index (κ1) is 13.8. The lowest BCUT2D eigenvalue weighted by atomic mass is 10.5. The SMILES string of the molecule is CCCOCCOCCOC(N)CN. The zero-order valence-electron chi connectivity index (χ0n) is 8.91. The molecule has 14 heavy (non-hydrogen) atoms. The van der Waals surface area contributed by atoms with Gasteiger partial charge in [0, 0.05) is 13.2 Å². The summed E-state index contributed by atoms with van der Waals surface area (Å²) in [5.74, 6) is 0. The summed E-state index contributed by atoms with van der Waals surface area (Å²) in [5.41, 5.74) is 10.7. The van der Waals surface area contributed by atoms with Gasteiger partial charge in [0.2, 0.25) is 0 Å². The molecule has 0 aliphatic heterocycles. The van der Waals surface area contributed by atoms with Crippen molar-refractivity contribution in [2.45, 2.75) is 19.6 Å².